The number of hydrogen-bond donors (Lipinski definition) is 3. The number of carboxylic acids is 1. The van der Waals surface area contributed by atoms with Gasteiger partial charge in [-0.05, 0) is 17.5 Å². The summed E-state index contributed by atoms with van der Waals surface area (Å²) in [7, 11) is 0. The Hall–Kier alpha value is -1.00. The van der Waals surface area contributed by atoms with Gasteiger partial charge in [0.05, 0.1) is 12.5 Å². The van der Waals surface area contributed by atoms with Gasteiger partial charge in [-0.2, -0.15) is 0 Å². The molecule has 2 unspecified atom stereocenters. The number of carbonyl (C=O) groups is 1. The lowest BCUT2D eigenvalue weighted by atomic mass is 9.95. The number of aliphatic carboxylic acids is 1. The highest BCUT2D eigenvalue weighted by Gasteiger charge is 2.20. The molecule has 4 heteroatoms. The van der Waals surface area contributed by atoms with Gasteiger partial charge in [0.2, 0.25) is 0 Å². The second-order valence-electron chi connectivity index (χ2n) is 3.58. The van der Waals surface area contributed by atoms with Gasteiger partial charge in [-0.15, -0.1) is 12.6 Å². The second-order valence-corrected chi connectivity index (χ2v) is 4.06. The summed E-state index contributed by atoms with van der Waals surface area (Å²) < 4.78 is 0. The van der Waals surface area contributed by atoms with Crippen LogP contribution in [0.5, 0.6) is 0 Å². The van der Waals surface area contributed by atoms with Crippen LogP contribution in [0.15, 0.2) is 29.2 Å². The minimum absolute atomic E-state index is 0.0523. The van der Waals surface area contributed by atoms with Crippen molar-refractivity contribution in [2.45, 2.75) is 24.3 Å². The van der Waals surface area contributed by atoms with Crippen LogP contribution in [0.25, 0.3) is 0 Å². The number of rotatable bonds is 4. The first-order chi connectivity index (χ1) is 7.02. The lowest BCUT2D eigenvalue weighted by Gasteiger charge is -2.18. The predicted molar refractivity (Wildman–Crippen MR) is 60.1 cm³/mol. The van der Waals surface area contributed by atoms with E-state index in [4.69, 9.17) is 5.11 Å². The molecule has 82 valence electrons. The molecule has 0 spiro atoms. The fraction of sp³-hybridized carbons (Fsp3) is 0.364. The lowest BCUT2D eigenvalue weighted by Crippen LogP contribution is -2.14. The Morgan fingerprint density at radius 2 is 2.07 bits per heavy atom. The normalized spacial score (nSPS) is 14.6. The summed E-state index contributed by atoms with van der Waals surface area (Å²) in [6.07, 6.45) is -0.835. The molecule has 0 fully saturated rings. The summed E-state index contributed by atoms with van der Waals surface area (Å²) in [5.41, 5.74) is 0.676. The van der Waals surface area contributed by atoms with Crippen molar-refractivity contribution in [3.05, 3.63) is 29.8 Å². The number of aliphatic hydroxyl groups is 1. The molecule has 2 N–H and O–H groups in total. The van der Waals surface area contributed by atoms with Crippen LogP contribution in [0.2, 0.25) is 0 Å². The molecule has 0 bridgehead atoms. The van der Waals surface area contributed by atoms with Crippen molar-refractivity contribution in [3.8, 4) is 0 Å². The van der Waals surface area contributed by atoms with Gasteiger partial charge < -0.3 is 10.2 Å². The molecule has 0 saturated carbocycles. The maximum atomic E-state index is 10.5. The molecule has 3 nitrogen and oxygen atoms in total. The average molecular weight is 226 g/mol. The zero-order valence-corrected chi connectivity index (χ0v) is 9.32. The summed E-state index contributed by atoms with van der Waals surface area (Å²) in [4.78, 5) is 11.2. The molecule has 0 amide bonds. The van der Waals surface area contributed by atoms with Crippen molar-refractivity contribution in [1.82, 2.24) is 0 Å². The molecule has 0 radical (unpaired) electrons. The minimum Gasteiger partial charge on any atom is -0.481 e. The van der Waals surface area contributed by atoms with E-state index < -0.39 is 12.1 Å². The van der Waals surface area contributed by atoms with Crippen LogP contribution >= 0.6 is 12.6 Å². The monoisotopic (exact) mass is 226 g/mol. The maximum absolute atomic E-state index is 10.5. The number of carboxylic acid groups (broad SMARTS) is 1. The Bertz CT molecular complexity index is 351. The third-order valence-electron chi connectivity index (χ3n) is 2.29. The van der Waals surface area contributed by atoms with Crippen LogP contribution in [0, 0.1) is 5.92 Å². The summed E-state index contributed by atoms with van der Waals surface area (Å²) in [6.45, 7) is 1.71. The van der Waals surface area contributed by atoms with Gasteiger partial charge in [-0.3, -0.25) is 4.79 Å². The molecule has 1 aromatic rings. The molecular formula is C11H14O3S. The number of benzene rings is 1. The van der Waals surface area contributed by atoms with Crippen LogP contribution < -0.4 is 0 Å². The molecule has 0 aliphatic carbocycles. The Morgan fingerprint density at radius 1 is 1.47 bits per heavy atom. The van der Waals surface area contributed by atoms with Crippen molar-refractivity contribution >= 4 is 18.6 Å². The van der Waals surface area contributed by atoms with E-state index in [1.165, 1.54) is 0 Å². The molecular weight excluding hydrogens is 212 g/mol. The summed E-state index contributed by atoms with van der Waals surface area (Å²) in [5.74, 6) is -1.23. The summed E-state index contributed by atoms with van der Waals surface area (Å²) in [5, 5.41) is 18.5. The zero-order chi connectivity index (χ0) is 11.4. The first-order valence-corrected chi connectivity index (χ1v) is 5.15. The second kappa shape index (κ2) is 5.19. The van der Waals surface area contributed by atoms with Gasteiger partial charge in [0.25, 0.3) is 0 Å². The summed E-state index contributed by atoms with van der Waals surface area (Å²) >= 11 is 4.22. The molecule has 0 aliphatic rings. The Labute approximate surface area is 94.2 Å². The van der Waals surface area contributed by atoms with Crippen molar-refractivity contribution in [2.24, 2.45) is 5.92 Å². The van der Waals surface area contributed by atoms with E-state index >= 15 is 0 Å². The highest BCUT2D eigenvalue weighted by atomic mass is 32.1. The molecule has 0 heterocycles. The van der Waals surface area contributed by atoms with Crippen molar-refractivity contribution in [2.75, 3.05) is 0 Å². The van der Waals surface area contributed by atoms with Gasteiger partial charge in [-0.1, -0.05) is 25.1 Å². The minimum atomic E-state index is -0.904. The molecule has 0 aromatic heterocycles. The van der Waals surface area contributed by atoms with E-state index in [-0.39, 0.29) is 12.3 Å². The molecule has 0 saturated heterocycles. The smallest absolute Gasteiger partial charge is 0.303 e. The molecule has 1 rings (SSSR count). The fourth-order valence-electron chi connectivity index (χ4n) is 1.43. The number of aliphatic hydroxyl groups excluding tert-OH is 1. The fourth-order valence-corrected chi connectivity index (χ4v) is 1.72. The Kier molecular flexibility index (Phi) is 4.17. The van der Waals surface area contributed by atoms with Crippen LogP contribution in [0.3, 0.4) is 0 Å². The van der Waals surface area contributed by atoms with Crippen molar-refractivity contribution in [3.63, 3.8) is 0 Å². The Balaban J connectivity index is 2.80. The van der Waals surface area contributed by atoms with Crippen LogP contribution in [0.4, 0.5) is 0 Å². The number of hydrogen-bond acceptors (Lipinski definition) is 3. The molecule has 1 aromatic carbocycles. The predicted octanol–water partition coefficient (Wildman–Crippen LogP) is 2.12. The van der Waals surface area contributed by atoms with E-state index in [1.54, 1.807) is 25.1 Å². The number of thiol groups is 1. The first kappa shape index (κ1) is 12.1. The Morgan fingerprint density at radius 3 is 2.60 bits per heavy atom. The van der Waals surface area contributed by atoms with Crippen molar-refractivity contribution < 1.29 is 15.0 Å². The van der Waals surface area contributed by atoms with Crippen LogP contribution in [-0.4, -0.2) is 16.2 Å². The van der Waals surface area contributed by atoms with Gasteiger partial charge in [0.15, 0.2) is 0 Å². The van der Waals surface area contributed by atoms with Gasteiger partial charge in [0, 0.05) is 4.90 Å². The van der Waals surface area contributed by atoms with E-state index in [2.05, 4.69) is 12.6 Å². The van der Waals surface area contributed by atoms with E-state index in [0.717, 1.165) is 0 Å². The third kappa shape index (κ3) is 3.25. The quantitative estimate of drug-likeness (QED) is 0.689. The van der Waals surface area contributed by atoms with Crippen LogP contribution in [0.1, 0.15) is 25.0 Å². The highest BCUT2D eigenvalue weighted by Crippen LogP contribution is 2.28. The SMILES string of the molecule is CC(CC(=O)O)C(O)c1ccccc1S. The largest absolute Gasteiger partial charge is 0.481 e. The van der Waals surface area contributed by atoms with Gasteiger partial charge >= 0.3 is 5.97 Å². The molecule has 2 atom stereocenters. The third-order valence-corrected chi connectivity index (χ3v) is 2.70. The van der Waals surface area contributed by atoms with Gasteiger partial charge in [-0.25, -0.2) is 0 Å². The maximum Gasteiger partial charge on any atom is 0.303 e. The highest BCUT2D eigenvalue weighted by molar-refractivity contribution is 7.80. The molecule has 15 heavy (non-hydrogen) atoms. The molecule has 0 aliphatic heterocycles. The average Bonchev–Trinajstić information content (AvgIpc) is 2.16. The van der Waals surface area contributed by atoms with E-state index in [1.807, 2.05) is 6.07 Å². The topological polar surface area (TPSA) is 57.5 Å². The van der Waals surface area contributed by atoms with Crippen LogP contribution in [-0.2, 0) is 4.79 Å². The van der Waals surface area contributed by atoms with E-state index in [9.17, 15) is 9.90 Å². The first-order valence-electron chi connectivity index (χ1n) is 4.70. The lowest BCUT2D eigenvalue weighted by molar-refractivity contribution is -0.139. The van der Waals surface area contributed by atoms with Gasteiger partial charge in [0.1, 0.15) is 0 Å². The van der Waals surface area contributed by atoms with E-state index in [0.29, 0.717) is 10.5 Å². The summed E-state index contributed by atoms with van der Waals surface area (Å²) in [6, 6.07) is 7.15. The van der Waals surface area contributed by atoms with Crippen molar-refractivity contribution in [1.29, 1.82) is 0 Å². The standard InChI is InChI=1S/C11H14O3S/c1-7(6-10(12)13)11(14)8-4-2-3-5-9(8)15/h2-5,7,11,14-15H,6H2,1H3,(H,12,13). The zero-order valence-electron chi connectivity index (χ0n) is 8.42.